The fourth-order valence-electron chi connectivity index (χ4n) is 2.17. The largest absolute Gasteiger partial charge is 0.507 e. The summed E-state index contributed by atoms with van der Waals surface area (Å²) in [6.07, 6.45) is 1.19. The third-order valence-corrected chi connectivity index (χ3v) is 4.46. The standard InChI is InChI=1S/C16H19NO3S/c1-11-8-13(9-12(2)16(11)18)10-17-14-4-6-15(7-5-14)21(3,19)20/h4-9,17-18H,10H2,1-3H3. The molecular formula is C16H19NO3S. The number of nitrogens with one attached hydrogen (secondary N) is 1. The third kappa shape index (κ3) is 3.76. The zero-order valence-corrected chi connectivity index (χ0v) is 13.2. The molecule has 0 aliphatic rings. The predicted octanol–water partition coefficient (Wildman–Crippen LogP) is 3.02. The van der Waals surface area contributed by atoms with Gasteiger partial charge in [0.1, 0.15) is 5.75 Å². The van der Waals surface area contributed by atoms with Gasteiger partial charge in [-0.05, 0) is 54.8 Å². The van der Waals surface area contributed by atoms with Crippen molar-refractivity contribution in [3.05, 3.63) is 53.1 Å². The summed E-state index contributed by atoms with van der Waals surface area (Å²) in [5.41, 5.74) is 3.61. The number of sulfone groups is 1. The van der Waals surface area contributed by atoms with Crippen LogP contribution in [0.25, 0.3) is 0 Å². The molecule has 0 aliphatic carbocycles. The first-order chi connectivity index (χ1) is 9.77. The van der Waals surface area contributed by atoms with Crippen molar-refractivity contribution >= 4 is 15.5 Å². The molecule has 0 spiro atoms. The molecule has 2 rings (SSSR count). The van der Waals surface area contributed by atoms with Crippen molar-refractivity contribution in [3.63, 3.8) is 0 Å². The Morgan fingerprint density at radius 2 is 1.57 bits per heavy atom. The van der Waals surface area contributed by atoms with Crippen LogP contribution in [-0.4, -0.2) is 19.8 Å². The van der Waals surface area contributed by atoms with Gasteiger partial charge in [-0.15, -0.1) is 0 Å². The highest BCUT2D eigenvalue weighted by molar-refractivity contribution is 7.90. The summed E-state index contributed by atoms with van der Waals surface area (Å²) >= 11 is 0. The lowest BCUT2D eigenvalue weighted by atomic mass is 10.1. The Kier molecular flexibility index (Phi) is 4.23. The number of aromatic hydroxyl groups is 1. The SMILES string of the molecule is Cc1cc(CNc2ccc(S(C)(=O)=O)cc2)cc(C)c1O. The van der Waals surface area contributed by atoms with E-state index in [4.69, 9.17) is 0 Å². The van der Waals surface area contributed by atoms with Crippen molar-refractivity contribution in [2.45, 2.75) is 25.3 Å². The van der Waals surface area contributed by atoms with Gasteiger partial charge in [-0.3, -0.25) is 0 Å². The lowest BCUT2D eigenvalue weighted by molar-refractivity contribution is 0.466. The molecule has 0 saturated carbocycles. The molecule has 0 heterocycles. The van der Waals surface area contributed by atoms with E-state index in [1.165, 1.54) is 6.26 Å². The number of phenols is 1. The Morgan fingerprint density at radius 1 is 1.05 bits per heavy atom. The van der Waals surface area contributed by atoms with Crippen LogP contribution in [0.4, 0.5) is 5.69 Å². The van der Waals surface area contributed by atoms with E-state index in [0.29, 0.717) is 17.2 Å². The van der Waals surface area contributed by atoms with Crippen molar-refractivity contribution in [2.75, 3.05) is 11.6 Å². The van der Waals surface area contributed by atoms with Crippen molar-refractivity contribution < 1.29 is 13.5 Å². The van der Waals surface area contributed by atoms with Crippen LogP contribution in [0, 0.1) is 13.8 Å². The molecular weight excluding hydrogens is 286 g/mol. The van der Waals surface area contributed by atoms with Crippen molar-refractivity contribution in [3.8, 4) is 5.75 Å². The Labute approximate surface area is 125 Å². The van der Waals surface area contributed by atoms with E-state index >= 15 is 0 Å². The van der Waals surface area contributed by atoms with Crippen LogP contribution in [0.1, 0.15) is 16.7 Å². The van der Waals surface area contributed by atoms with E-state index in [9.17, 15) is 13.5 Å². The number of phenolic OH excluding ortho intramolecular Hbond substituents is 1. The van der Waals surface area contributed by atoms with Crippen LogP contribution in [-0.2, 0) is 16.4 Å². The molecule has 0 amide bonds. The van der Waals surface area contributed by atoms with Crippen LogP contribution in [0.15, 0.2) is 41.3 Å². The molecule has 0 fully saturated rings. The van der Waals surface area contributed by atoms with E-state index in [1.54, 1.807) is 24.3 Å². The average molecular weight is 305 g/mol. The van der Waals surface area contributed by atoms with Crippen LogP contribution >= 0.6 is 0 Å². The fourth-order valence-corrected chi connectivity index (χ4v) is 2.80. The number of aryl methyl sites for hydroxylation is 2. The molecule has 5 heteroatoms. The molecule has 0 radical (unpaired) electrons. The molecule has 2 aromatic rings. The summed E-state index contributed by atoms with van der Waals surface area (Å²) in [4.78, 5) is 0.310. The molecule has 0 aromatic heterocycles. The lowest BCUT2D eigenvalue weighted by Crippen LogP contribution is -2.01. The van der Waals surface area contributed by atoms with Crippen molar-refractivity contribution in [1.82, 2.24) is 0 Å². The van der Waals surface area contributed by atoms with E-state index < -0.39 is 9.84 Å². The Balaban J connectivity index is 2.10. The number of anilines is 1. The van der Waals surface area contributed by atoms with E-state index in [1.807, 2.05) is 26.0 Å². The summed E-state index contributed by atoms with van der Waals surface area (Å²) in [5.74, 6) is 0.330. The molecule has 2 aromatic carbocycles. The Hall–Kier alpha value is -2.01. The summed E-state index contributed by atoms with van der Waals surface area (Å²) in [6.45, 7) is 4.35. The quantitative estimate of drug-likeness (QED) is 0.911. The molecule has 112 valence electrons. The van der Waals surface area contributed by atoms with Crippen LogP contribution < -0.4 is 5.32 Å². The molecule has 0 bridgehead atoms. The normalized spacial score (nSPS) is 11.4. The Morgan fingerprint density at radius 3 is 2.05 bits per heavy atom. The van der Waals surface area contributed by atoms with E-state index in [0.717, 1.165) is 22.4 Å². The number of hydrogen-bond donors (Lipinski definition) is 2. The highest BCUT2D eigenvalue weighted by Crippen LogP contribution is 2.23. The maximum Gasteiger partial charge on any atom is 0.175 e. The molecule has 0 atom stereocenters. The minimum absolute atomic E-state index is 0.310. The van der Waals surface area contributed by atoms with Gasteiger partial charge in [0, 0.05) is 18.5 Å². The van der Waals surface area contributed by atoms with Crippen LogP contribution in [0.2, 0.25) is 0 Å². The van der Waals surface area contributed by atoms with Crippen LogP contribution in [0.5, 0.6) is 5.75 Å². The van der Waals surface area contributed by atoms with E-state index in [-0.39, 0.29) is 0 Å². The van der Waals surface area contributed by atoms with Crippen molar-refractivity contribution in [1.29, 1.82) is 0 Å². The van der Waals surface area contributed by atoms with Crippen molar-refractivity contribution in [2.24, 2.45) is 0 Å². The molecule has 0 aliphatic heterocycles. The maximum absolute atomic E-state index is 11.4. The minimum Gasteiger partial charge on any atom is -0.507 e. The summed E-state index contributed by atoms with van der Waals surface area (Å²) in [6, 6.07) is 10.5. The van der Waals surface area contributed by atoms with Gasteiger partial charge < -0.3 is 10.4 Å². The zero-order valence-electron chi connectivity index (χ0n) is 12.3. The lowest BCUT2D eigenvalue weighted by Gasteiger charge is -2.10. The average Bonchev–Trinajstić information content (AvgIpc) is 2.42. The first-order valence-electron chi connectivity index (χ1n) is 6.60. The fraction of sp³-hybridized carbons (Fsp3) is 0.250. The molecule has 2 N–H and O–H groups in total. The predicted molar refractivity (Wildman–Crippen MR) is 84.5 cm³/mol. The second-order valence-electron chi connectivity index (χ2n) is 5.23. The minimum atomic E-state index is -3.16. The van der Waals surface area contributed by atoms with E-state index in [2.05, 4.69) is 5.32 Å². The highest BCUT2D eigenvalue weighted by Gasteiger charge is 2.06. The van der Waals surface area contributed by atoms with Gasteiger partial charge in [-0.1, -0.05) is 12.1 Å². The summed E-state index contributed by atoms with van der Waals surface area (Å²) < 4.78 is 22.8. The number of rotatable bonds is 4. The van der Waals surface area contributed by atoms with Gasteiger partial charge in [-0.2, -0.15) is 0 Å². The van der Waals surface area contributed by atoms with Crippen LogP contribution in [0.3, 0.4) is 0 Å². The molecule has 0 saturated heterocycles. The molecule has 4 nitrogen and oxygen atoms in total. The highest BCUT2D eigenvalue weighted by atomic mass is 32.2. The summed E-state index contributed by atoms with van der Waals surface area (Å²) in [5, 5.41) is 13.0. The zero-order chi connectivity index (χ0) is 15.6. The number of benzene rings is 2. The monoisotopic (exact) mass is 305 g/mol. The first kappa shape index (κ1) is 15.4. The molecule has 0 unspecified atom stereocenters. The van der Waals surface area contributed by atoms with Gasteiger partial charge in [0.25, 0.3) is 0 Å². The third-order valence-electron chi connectivity index (χ3n) is 3.33. The van der Waals surface area contributed by atoms with Gasteiger partial charge in [-0.25, -0.2) is 8.42 Å². The summed E-state index contributed by atoms with van der Waals surface area (Å²) in [7, 11) is -3.16. The first-order valence-corrected chi connectivity index (χ1v) is 8.49. The molecule has 21 heavy (non-hydrogen) atoms. The second-order valence-corrected chi connectivity index (χ2v) is 7.24. The smallest absolute Gasteiger partial charge is 0.175 e. The van der Waals surface area contributed by atoms with Gasteiger partial charge in [0.2, 0.25) is 0 Å². The second kappa shape index (κ2) is 5.77. The van der Waals surface area contributed by atoms with Gasteiger partial charge in [0.05, 0.1) is 4.90 Å². The van der Waals surface area contributed by atoms with Gasteiger partial charge >= 0.3 is 0 Å². The van der Waals surface area contributed by atoms with Gasteiger partial charge in [0.15, 0.2) is 9.84 Å². The number of hydrogen-bond acceptors (Lipinski definition) is 4. The Bertz CT molecular complexity index is 727. The topological polar surface area (TPSA) is 66.4 Å². The maximum atomic E-state index is 11.4.